The number of rotatable bonds is 0. The number of pyridine rings is 1. The van der Waals surface area contributed by atoms with Crippen LogP contribution in [0.25, 0.3) is 10.3 Å². The van der Waals surface area contributed by atoms with E-state index < -0.39 is 0 Å². The first-order chi connectivity index (χ1) is 5.25. The van der Waals surface area contributed by atoms with E-state index in [1.165, 1.54) is 17.4 Å². The van der Waals surface area contributed by atoms with Crippen LogP contribution in [0.3, 0.4) is 0 Å². The fraction of sp³-hybridized carbons (Fsp3) is 0. The number of hydrogen-bond donors (Lipinski definition) is 0. The summed E-state index contributed by atoms with van der Waals surface area (Å²) in [6.07, 6.45) is 1.15. The molecule has 2 rings (SSSR count). The molecule has 0 aliphatic rings. The average molecular weight is 189 g/mol. The van der Waals surface area contributed by atoms with Gasteiger partial charge in [-0.3, -0.25) is 0 Å². The van der Waals surface area contributed by atoms with E-state index in [0.717, 1.165) is 6.20 Å². The lowest BCUT2D eigenvalue weighted by molar-refractivity contribution is 0.624. The molecule has 0 bridgehead atoms. The Balaban J connectivity index is 2.82. The van der Waals surface area contributed by atoms with E-state index >= 15 is 0 Å². The second-order valence-corrected chi connectivity index (χ2v) is 3.50. The first kappa shape index (κ1) is 6.94. The number of hydrogen-bond acceptors (Lipinski definition) is 3. The first-order valence-corrected chi connectivity index (χ1v) is 4.03. The van der Waals surface area contributed by atoms with Gasteiger partial charge in [0.25, 0.3) is 0 Å². The van der Waals surface area contributed by atoms with Gasteiger partial charge in [0.1, 0.15) is 16.2 Å². The number of fused-ring (bicyclic) bond motifs is 1. The zero-order valence-electron chi connectivity index (χ0n) is 5.21. The predicted molar refractivity (Wildman–Crippen MR) is 42.4 cm³/mol. The van der Waals surface area contributed by atoms with Gasteiger partial charge < -0.3 is 0 Å². The van der Waals surface area contributed by atoms with Gasteiger partial charge in [0.05, 0.1) is 6.20 Å². The highest BCUT2D eigenvalue weighted by molar-refractivity contribution is 7.21. The average Bonchev–Trinajstić information content (AvgIpc) is 2.27. The standard InChI is InChI=1S/C6H2ClFN2S/c7-6-10-4-1-3(8)2-9-5(4)11-6/h1-2H. The molecule has 0 saturated heterocycles. The van der Waals surface area contributed by atoms with E-state index in [1.54, 1.807) is 0 Å². The molecule has 0 saturated carbocycles. The molecule has 2 aromatic rings. The van der Waals surface area contributed by atoms with Gasteiger partial charge in [0.15, 0.2) is 4.47 Å². The zero-order valence-corrected chi connectivity index (χ0v) is 6.79. The molecule has 2 aromatic heterocycles. The summed E-state index contributed by atoms with van der Waals surface area (Å²) >= 11 is 6.82. The number of halogens is 2. The smallest absolute Gasteiger partial charge is 0.186 e. The number of aromatic nitrogens is 2. The van der Waals surface area contributed by atoms with Crippen LogP contribution in [-0.2, 0) is 0 Å². The maximum atomic E-state index is 12.5. The van der Waals surface area contributed by atoms with Crippen LogP contribution in [0.1, 0.15) is 0 Å². The van der Waals surface area contributed by atoms with Gasteiger partial charge in [-0.25, -0.2) is 14.4 Å². The van der Waals surface area contributed by atoms with Gasteiger partial charge in [-0.1, -0.05) is 22.9 Å². The third-order valence-corrected chi connectivity index (χ3v) is 2.27. The molecule has 0 aliphatic carbocycles. The molecule has 0 fully saturated rings. The Hall–Kier alpha value is -0.740. The topological polar surface area (TPSA) is 25.8 Å². The zero-order chi connectivity index (χ0) is 7.84. The van der Waals surface area contributed by atoms with Crippen molar-refractivity contribution in [2.75, 3.05) is 0 Å². The van der Waals surface area contributed by atoms with Crippen LogP contribution in [0.4, 0.5) is 4.39 Å². The first-order valence-electron chi connectivity index (χ1n) is 2.83. The van der Waals surface area contributed by atoms with Gasteiger partial charge in [-0.05, 0) is 0 Å². The highest BCUT2D eigenvalue weighted by Crippen LogP contribution is 2.23. The fourth-order valence-electron chi connectivity index (χ4n) is 0.772. The molecule has 0 atom stereocenters. The molecule has 0 aliphatic heterocycles. The summed E-state index contributed by atoms with van der Waals surface area (Å²) in [4.78, 5) is 8.32. The molecule has 2 nitrogen and oxygen atoms in total. The molecule has 0 amide bonds. The van der Waals surface area contributed by atoms with Crippen molar-refractivity contribution in [1.82, 2.24) is 9.97 Å². The Bertz CT molecular complexity index is 400. The summed E-state index contributed by atoms with van der Waals surface area (Å²) in [5.74, 6) is -0.389. The summed E-state index contributed by atoms with van der Waals surface area (Å²) in [7, 11) is 0. The molecular weight excluding hydrogens is 187 g/mol. The van der Waals surface area contributed by atoms with Crippen molar-refractivity contribution in [1.29, 1.82) is 0 Å². The number of nitrogens with zero attached hydrogens (tertiary/aromatic N) is 2. The summed E-state index contributed by atoms with van der Waals surface area (Å²) in [6, 6.07) is 1.31. The third kappa shape index (κ3) is 1.19. The summed E-state index contributed by atoms with van der Waals surface area (Å²) in [5, 5.41) is 0. The van der Waals surface area contributed by atoms with Crippen LogP contribution in [0.5, 0.6) is 0 Å². The third-order valence-electron chi connectivity index (χ3n) is 1.19. The molecule has 2 heterocycles. The van der Waals surface area contributed by atoms with E-state index in [0.29, 0.717) is 14.8 Å². The lowest BCUT2D eigenvalue weighted by atomic mass is 10.4. The Labute approximate surface area is 70.7 Å². The SMILES string of the molecule is Fc1cnc2sc(Cl)nc2c1. The monoisotopic (exact) mass is 188 g/mol. The van der Waals surface area contributed by atoms with Crippen molar-refractivity contribution < 1.29 is 4.39 Å². The summed E-state index contributed by atoms with van der Waals surface area (Å²) in [6.45, 7) is 0. The molecule has 56 valence electrons. The Morgan fingerprint density at radius 1 is 1.55 bits per heavy atom. The van der Waals surface area contributed by atoms with Crippen LogP contribution in [0.2, 0.25) is 4.47 Å². The second kappa shape index (κ2) is 2.39. The van der Waals surface area contributed by atoms with Crippen molar-refractivity contribution in [3.63, 3.8) is 0 Å². The Kier molecular flexibility index (Phi) is 1.51. The van der Waals surface area contributed by atoms with Gasteiger partial charge in [0.2, 0.25) is 0 Å². The van der Waals surface area contributed by atoms with Crippen LogP contribution in [0, 0.1) is 5.82 Å². The summed E-state index contributed by atoms with van der Waals surface area (Å²) < 4.78 is 12.9. The lowest BCUT2D eigenvalue weighted by Gasteiger charge is -1.84. The normalized spacial score (nSPS) is 10.7. The predicted octanol–water partition coefficient (Wildman–Crippen LogP) is 2.48. The largest absolute Gasteiger partial charge is 0.241 e. The van der Waals surface area contributed by atoms with Crippen molar-refractivity contribution in [3.05, 3.63) is 22.5 Å². The van der Waals surface area contributed by atoms with E-state index in [2.05, 4.69) is 9.97 Å². The minimum atomic E-state index is -0.389. The fourth-order valence-corrected chi connectivity index (χ4v) is 1.70. The van der Waals surface area contributed by atoms with E-state index in [-0.39, 0.29) is 5.82 Å². The minimum Gasteiger partial charge on any atom is -0.241 e. The quantitative estimate of drug-likeness (QED) is 0.635. The van der Waals surface area contributed by atoms with E-state index in [4.69, 9.17) is 11.6 Å². The Morgan fingerprint density at radius 2 is 2.36 bits per heavy atom. The van der Waals surface area contributed by atoms with Crippen LogP contribution >= 0.6 is 22.9 Å². The van der Waals surface area contributed by atoms with E-state index in [1.807, 2.05) is 0 Å². The molecule has 0 aromatic carbocycles. The van der Waals surface area contributed by atoms with Crippen molar-refractivity contribution >= 4 is 33.3 Å². The highest BCUT2D eigenvalue weighted by atomic mass is 35.5. The molecule has 0 radical (unpaired) electrons. The minimum absolute atomic E-state index is 0.387. The van der Waals surface area contributed by atoms with E-state index in [9.17, 15) is 4.39 Å². The van der Waals surface area contributed by atoms with Crippen molar-refractivity contribution in [2.24, 2.45) is 0 Å². The van der Waals surface area contributed by atoms with Crippen LogP contribution in [-0.4, -0.2) is 9.97 Å². The van der Waals surface area contributed by atoms with Crippen molar-refractivity contribution in [3.8, 4) is 0 Å². The van der Waals surface area contributed by atoms with Gasteiger partial charge in [-0.2, -0.15) is 0 Å². The second-order valence-electron chi connectivity index (χ2n) is 1.94. The molecule has 11 heavy (non-hydrogen) atoms. The van der Waals surface area contributed by atoms with Crippen LogP contribution in [0.15, 0.2) is 12.3 Å². The molecular formula is C6H2ClFN2S. The maximum absolute atomic E-state index is 12.5. The van der Waals surface area contributed by atoms with Crippen LogP contribution < -0.4 is 0 Å². The molecule has 0 N–H and O–H groups in total. The highest BCUT2D eigenvalue weighted by Gasteiger charge is 2.02. The number of thiazole rings is 1. The van der Waals surface area contributed by atoms with Gasteiger partial charge >= 0.3 is 0 Å². The summed E-state index contributed by atoms with van der Waals surface area (Å²) in [5.41, 5.74) is 0.514. The maximum Gasteiger partial charge on any atom is 0.186 e. The lowest BCUT2D eigenvalue weighted by Crippen LogP contribution is -1.76. The van der Waals surface area contributed by atoms with Crippen molar-refractivity contribution in [2.45, 2.75) is 0 Å². The molecule has 5 heteroatoms. The van der Waals surface area contributed by atoms with Gasteiger partial charge in [0, 0.05) is 6.07 Å². The molecule has 0 unspecified atom stereocenters. The molecule has 0 spiro atoms. The Morgan fingerprint density at radius 3 is 3.18 bits per heavy atom. The van der Waals surface area contributed by atoms with Gasteiger partial charge in [-0.15, -0.1) is 0 Å².